The normalized spacial score (nSPS) is 9.95. The Bertz CT molecular complexity index is 546. The molecule has 6 nitrogen and oxygen atoms in total. The predicted molar refractivity (Wildman–Crippen MR) is 70.5 cm³/mol. The number of carbonyl (C=O) groups excluding carboxylic acids is 2. The number of ether oxygens (including phenoxy) is 1. The summed E-state index contributed by atoms with van der Waals surface area (Å²) >= 11 is 0. The molecular formula is C13H13N3O3. The van der Waals surface area contributed by atoms with Crippen LogP contribution in [0.5, 0.6) is 0 Å². The number of allylic oxidation sites excluding steroid dienone is 1. The molecule has 98 valence electrons. The minimum atomic E-state index is -0.542. The Morgan fingerprint density at radius 1 is 1.47 bits per heavy atom. The fraction of sp³-hybridized carbons (Fsp3) is 0.231. The Labute approximate surface area is 110 Å². The number of carbonyl (C=O) groups is 2. The summed E-state index contributed by atoms with van der Waals surface area (Å²) in [5.74, 6) is -0.882. The third-order valence-corrected chi connectivity index (χ3v) is 2.12. The maximum atomic E-state index is 11.4. The van der Waals surface area contributed by atoms with E-state index < -0.39 is 5.97 Å². The summed E-state index contributed by atoms with van der Waals surface area (Å²) in [7, 11) is 0. The quantitative estimate of drug-likeness (QED) is 0.196. The summed E-state index contributed by atoms with van der Waals surface area (Å²) in [4.78, 5) is 25.2. The van der Waals surface area contributed by atoms with Crippen LogP contribution in [0.4, 0.5) is 5.69 Å². The largest absolute Gasteiger partial charge is 0.466 e. The van der Waals surface area contributed by atoms with Gasteiger partial charge in [0.15, 0.2) is 5.78 Å². The maximum Gasteiger partial charge on any atom is 0.313 e. The average Bonchev–Trinajstić information content (AvgIpc) is 2.37. The third-order valence-electron chi connectivity index (χ3n) is 2.12. The molecule has 0 aliphatic heterocycles. The van der Waals surface area contributed by atoms with Crippen molar-refractivity contribution < 1.29 is 14.3 Å². The van der Waals surface area contributed by atoms with E-state index in [1.165, 1.54) is 6.08 Å². The molecule has 1 aromatic carbocycles. The fourth-order valence-corrected chi connectivity index (χ4v) is 1.34. The van der Waals surface area contributed by atoms with E-state index in [9.17, 15) is 9.59 Å². The van der Waals surface area contributed by atoms with E-state index in [2.05, 4.69) is 14.8 Å². The molecule has 19 heavy (non-hydrogen) atoms. The van der Waals surface area contributed by atoms with Crippen LogP contribution in [0.1, 0.15) is 18.9 Å². The Morgan fingerprint density at radius 3 is 2.95 bits per heavy atom. The van der Waals surface area contributed by atoms with Crippen LogP contribution in [0, 0.1) is 0 Å². The zero-order valence-corrected chi connectivity index (χ0v) is 10.4. The number of hydrogen-bond donors (Lipinski definition) is 0. The number of azide groups is 1. The van der Waals surface area contributed by atoms with Gasteiger partial charge in [0, 0.05) is 10.6 Å². The molecule has 0 aromatic heterocycles. The number of ketones is 1. The first-order chi connectivity index (χ1) is 9.15. The molecule has 6 heteroatoms. The van der Waals surface area contributed by atoms with Crippen LogP contribution in [-0.4, -0.2) is 18.4 Å². The second-order valence-corrected chi connectivity index (χ2v) is 3.57. The standard InChI is InChI=1S/C13H13N3O3/c1-2-19-13(18)9-12(17)7-6-10-4-3-5-11(8-10)15-16-14/h3-8H,2,9H2,1H3. The van der Waals surface area contributed by atoms with Crippen molar-refractivity contribution in [2.24, 2.45) is 5.11 Å². The van der Waals surface area contributed by atoms with Crippen LogP contribution in [0.15, 0.2) is 35.5 Å². The van der Waals surface area contributed by atoms with E-state index in [0.29, 0.717) is 11.3 Å². The number of esters is 1. The van der Waals surface area contributed by atoms with Gasteiger partial charge >= 0.3 is 5.97 Å². The highest BCUT2D eigenvalue weighted by atomic mass is 16.5. The van der Waals surface area contributed by atoms with Gasteiger partial charge in [-0.2, -0.15) is 0 Å². The van der Waals surface area contributed by atoms with Crippen LogP contribution in [-0.2, 0) is 14.3 Å². The van der Waals surface area contributed by atoms with E-state index in [4.69, 9.17) is 5.53 Å². The van der Waals surface area contributed by atoms with Crippen LogP contribution >= 0.6 is 0 Å². The summed E-state index contributed by atoms with van der Waals surface area (Å²) in [6.07, 6.45) is 2.57. The smallest absolute Gasteiger partial charge is 0.313 e. The van der Waals surface area contributed by atoms with Gasteiger partial charge in [0.2, 0.25) is 0 Å². The van der Waals surface area contributed by atoms with Crippen molar-refractivity contribution in [2.45, 2.75) is 13.3 Å². The molecule has 0 bridgehead atoms. The first kappa shape index (κ1) is 14.5. The van der Waals surface area contributed by atoms with Crippen molar-refractivity contribution in [1.82, 2.24) is 0 Å². The summed E-state index contributed by atoms with van der Waals surface area (Å²) < 4.78 is 4.67. The van der Waals surface area contributed by atoms with Gasteiger partial charge in [0.05, 0.1) is 6.61 Å². The highest BCUT2D eigenvalue weighted by Gasteiger charge is 2.06. The van der Waals surface area contributed by atoms with E-state index in [1.54, 1.807) is 37.3 Å². The first-order valence-electron chi connectivity index (χ1n) is 5.67. The molecule has 0 spiro atoms. The lowest BCUT2D eigenvalue weighted by Crippen LogP contribution is -2.08. The second kappa shape index (κ2) is 7.68. The second-order valence-electron chi connectivity index (χ2n) is 3.57. The maximum absolute atomic E-state index is 11.4. The molecule has 0 heterocycles. The fourth-order valence-electron chi connectivity index (χ4n) is 1.34. The summed E-state index contributed by atoms with van der Waals surface area (Å²) in [5.41, 5.74) is 9.48. The molecule has 0 aliphatic carbocycles. The van der Waals surface area contributed by atoms with Crippen molar-refractivity contribution in [2.75, 3.05) is 6.61 Å². The molecule has 0 atom stereocenters. The van der Waals surface area contributed by atoms with Crippen LogP contribution in [0.3, 0.4) is 0 Å². The van der Waals surface area contributed by atoms with Crippen molar-refractivity contribution in [1.29, 1.82) is 0 Å². The van der Waals surface area contributed by atoms with Crippen LogP contribution in [0.2, 0.25) is 0 Å². The molecular weight excluding hydrogens is 246 g/mol. The molecule has 0 radical (unpaired) electrons. The molecule has 0 aliphatic rings. The number of benzene rings is 1. The lowest BCUT2D eigenvalue weighted by molar-refractivity contribution is -0.144. The van der Waals surface area contributed by atoms with Gasteiger partial charge in [-0.15, -0.1) is 0 Å². The summed E-state index contributed by atoms with van der Waals surface area (Å²) in [6.45, 7) is 1.93. The molecule has 1 aromatic rings. The van der Waals surface area contributed by atoms with E-state index in [-0.39, 0.29) is 18.8 Å². The van der Waals surface area contributed by atoms with Gasteiger partial charge in [-0.3, -0.25) is 9.59 Å². The van der Waals surface area contributed by atoms with Crippen molar-refractivity contribution in [3.05, 3.63) is 46.3 Å². The summed E-state index contributed by atoms with van der Waals surface area (Å²) in [6, 6.07) is 6.75. The Kier molecular flexibility index (Phi) is 5.85. The minimum absolute atomic E-state index is 0.254. The third kappa shape index (κ3) is 5.52. The molecule has 0 saturated heterocycles. The molecule has 0 N–H and O–H groups in total. The molecule has 0 fully saturated rings. The Morgan fingerprint density at radius 2 is 2.26 bits per heavy atom. The van der Waals surface area contributed by atoms with Crippen LogP contribution in [0.25, 0.3) is 16.5 Å². The molecule has 0 saturated carbocycles. The lowest BCUT2D eigenvalue weighted by atomic mass is 10.1. The highest BCUT2D eigenvalue weighted by Crippen LogP contribution is 2.15. The van der Waals surface area contributed by atoms with Gasteiger partial charge < -0.3 is 4.74 Å². The zero-order chi connectivity index (χ0) is 14.1. The first-order valence-corrected chi connectivity index (χ1v) is 5.67. The van der Waals surface area contributed by atoms with E-state index in [1.807, 2.05) is 0 Å². The van der Waals surface area contributed by atoms with Gasteiger partial charge in [-0.1, -0.05) is 29.4 Å². The molecule has 1 rings (SSSR count). The topological polar surface area (TPSA) is 92.1 Å². The van der Waals surface area contributed by atoms with Gasteiger partial charge in [-0.05, 0) is 30.2 Å². The predicted octanol–water partition coefficient (Wildman–Crippen LogP) is 3.16. The van der Waals surface area contributed by atoms with E-state index >= 15 is 0 Å². The summed E-state index contributed by atoms with van der Waals surface area (Å²) in [5, 5.41) is 3.45. The monoisotopic (exact) mass is 259 g/mol. The average molecular weight is 259 g/mol. The number of rotatable bonds is 6. The Balaban J connectivity index is 2.65. The molecule has 0 unspecified atom stereocenters. The zero-order valence-electron chi connectivity index (χ0n) is 10.4. The van der Waals surface area contributed by atoms with Crippen molar-refractivity contribution in [3.8, 4) is 0 Å². The van der Waals surface area contributed by atoms with Gasteiger partial charge in [0.25, 0.3) is 0 Å². The van der Waals surface area contributed by atoms with Crippen molar-refractivity contribution in [3.63, 3.8) is 0 Å². The SMILES string of the molecule is CCOC(=O)CC(=O)C=Cc1cccc(N=[N+]=[N-])c1. The van der Waals surface area contributed by atoms with Gasteiger partial charge in [-0.25, -0.2) is 0 Å². The Hall–Kier alpha value is -2.59. The molecule has 0 amide bonds. The lowest BCUT2D eigenvalue weighted by Gasteiger charge is -1.98. The van der Waals surface area contributed by atoms with Crippen molar-refractivity contribution >= 4 is 23.5 Å². The highest BCUT2D eigenvalue weighted by molar-refractivity contribution is 6.03. The van der Waals surface area contributed by atoms with Gasteiger partial charge in [0.1, 0.15) is 6.42 Å². The number of hydrogen-bond acceptors (Lipinski definition) is 4. The van der Waals surface area contributed by atoms with Crippen LogP contribution < -0.4 is 0 Å². The minimum Gasteiger partial charge on any atom is -0.466 e. The number of nitrogens with zero attached hydrogens (tertiary/aromatic N) is 3. The van der Waals surface area contributed by atoms with E-state index in [0.717, 1.165) is 0 Å².